The van der Waals surface area contributed by atoms with E-state index in [2.05, 4.69) is 51.8 Å². The average molecular weight is 351 g/mol. The molecule has 0 radical (unpaired) electrons. The number of aromatic nitrogens is 1. The van der Waals surface area contributed by atoms with Crippen LogP contribution in [0.1, 0.15) is 36.0 Å². The minimum atomic E-state index is -0.0962. The number of carbonyl (C=O) groups is 1. The molecule has 0 bridgehead atoms. The van der Waals surface area contributed by atoms with Gasteiger partial charge in [0.2, 0.25) is 0 Å². The van der Waals surface area contributed by atoms with Crippen molar-refractivity contribution >= 4 is 17.4 Å². The molecule has 1 N–H and O–H groups in total. The molecule has 0 saturated heterocycles. The lowest BCUT2D eigenvalue weighted by Crippen LogP contribution is -2.44. The molecular weight excluding hydrogens is 330 g/mol. The lowest BCUT2D eigenvalue weighted by Gasteiger charge is -2.30. The Balaban J connectivity index is 1.89. The summed E-state index contributed by atoms with van der Waals surface area (Å²) in [7, 11) is 0. The number of urea groups is 1. The summed E-state index contributed by atoms with van der Waals surface area (Å²) in [6.45, 7) is 4.57. The minimum Gasteiger partial charge on any atom is -0.336 e. The molecular formula is C20H21N3OS. The molecule has 0 spiro atoms. The molecule has 5 heteroatoms. The Kier molecular flexibility index (Phi) is 4.09. The molecule has 128 valence electrons. The highest BCUT2D eigenvalue weighted by Gasteiger charge is 2.33. The fourth-order valence-electron chi connectivity index (χ4n) is 3.42. The van der Waals surface area contributed by atoms with E-state index in [4.69, 9.17) is 0 Å². The summed E-state index contributed by atoms with van der Waals surface area (Å²) >= 11 is 1.69. The van der Waals surface area contributed by atoms with E-state index in [1.54, 1.807) is 11.3 Å². The van der Waals surface area contributed by atoms with Gasteiger partial charge in [-0.15, -0.1) is 11.3 Å². The van der Waals surface area contributed by atoms with E-state index in [1.807, 2.05) is 36.9 Å². The van der Waals surface area contributed by atoms with Crippen molar-refractivity contribution in [2.75, 3.05) is 0 Å². The predicted molar refractivity (Wildman–Crippen MR) is 101 cm³/mol. The number of hydrogen-bond acceptors (Lipinski definition) is 2. The highest BCUT2D eigenvalue weighted by molar-refractivity contribution is 7.10. The third-order valence-corrected chi connectivity index (χ3v) is 5.37. The summed E-state index contributed by atoms with van der Waals surface area (Å²) in [5, 5.41) is 5.14. The van der Waals surface area contributed by atoms with Crippen molar-refractivity contribution in [3.8, 4) is 5.69 Å². The number of amides is 2. The van der Waals surface area contributed by atoms with Crippen molar-refractivity contribution < 1.29 is 4.79 Å². The van der Waals surface area contributed by atoms with E-state index in [-0.39, 0.29) is 18.1 Å². The first kappa shape index (κ1) is 16.0. The average Bonchev–Trinajstić information content (AvgIpc) is 3.25. The third-order valence-electron chi connectivity index (χ3n) is 4.45. The molecule has 3 aromatic rings. The normalized spacial score (nSPS) is 16.3. The second-order valence-electron chi connectivity index (χ2n) is 6.58. The van der Waals surface area contributed by atoms with Crippen LogP contribution in [0.15, 0.2) is 60.1 Å². The largest absolute Gasteiger partial charge is 0.336 e. The second-order valence-corrected chi connectivity index (χ2v) is 7.56. The first-order chi connectivity index (χ1) is 12.1. The number of fused-ring (bicyclic) bond motifs is 3. The van der Waals surface area contributed by atoms with Crippen LogP contribution in [-0.2, 0) is 6.54 Å². The van der Waals surface area contributed by atoms with Crippen molar-refractivity contribution in [2.45, 2.75) is 32.5 Å². The first-order valence-corrected chi connectivity index (χ1v) is 9.39. The van der Waals surface area contributed by atoms with Crippen molar-refractivity contribution in [3.05, 3.63) is 76.2 Å². The molecule has 1 aliphatic heterocycles. The number of carbonyl (C=O) groups excluding carboxylic acids is 1. The zero-order chi connectivity index (χ0) is 17.4. The Labute approximate surface area is 151 Å². The summed E-state index contributed by atoms with van der Waals surface area (Å²) in [6, 6.07) is 16.6. The van der Waals surface area contributed by atoms with Crippen LogP contribution in [0.2, 0.25) is 0 Å². The third kappa shape index (κ3) is 2.85. The highest BCUT2D eigenvalue weighted by Crippen LogP contribution is 2.38. The summed E-state index contributed by atoms with van der Waals surface area (Å²) in [6.07, 6.45) is 2.08. The van der Waals surface area contributed by atoms with Crippen LogP contribution in [0.5, 0.6) is 0 Å². The number of nitrogens with one attached hydrogen (secondary N) is 1. The molecule has 2 amide bonds. The maximum absolute atomic E-state index is 13.0. The van der Waals surface area contributed by atoms with Crippen LogP contribution < -0.4 is 5.32 Å². The number of hydrogen-bond donors (Lipinski definition) is 1. The predicted octanol–water partition coefficient (Wildman–Crippen LogP) is 4.56. The van der Waals surface area contributed by atoms with Gasteiger partial charge in [0.15, 0.2) is 0 Å². The number of benzene rings is 1. The zero-order valence-corrected chi connectivity index (χ0v) is 15.2. The Morgan fingerprint density at radius 1 is 1.16 bits per heavy atom. The van der Waals surface area contributed by atoms with Crippen LogP contribution >= 0.6 is 11.3 Å². The van der Waals surface area contributed by atoms with Gasteiger partial charge in [0.05, 0.1) is 17.9 Å². The van der Waals surface area contributed by atoms with E-state index in [9.17, 15) is 4.79 Å². The van der Waals surface area contributed by atoms with Gasteiger partial charge in [0, 0.05) is 17.1 Å². The van der Waals surface area contributed by atoms with E-state index in [1.165, 1.54) is 4.88 Å². The monoisotopic (exact) mass is 351 g/mol. The Hall–Kier alpha value is -2.53. The number of para-hydroxylation sites is 1. The molecule has 0 saturated carbocycles. The fourth-order valence-corrected chi connectivity index (χ4v) is 4.26. The van der Waals surface area contributed by atoms with Crippen LogP contribution in [0, 0.1) is 0 Å². The summed E-state index contributed by atoms with van der Waals surface area (Å²) in [5.74, 6) is 0. The molecule has 3 heterocycles. The molecule has 4 rings (SSSR count). The number of nitrogens with zero attached hydrogens (tertiary/aromatic N) is 2. The van der Waals surface area contributed by atoms with Gasteiger partial charge in [-0.25, -0.2) is 4.79 Å². The van der Waals surface area contributed by atoms with Crippen molar-refractivity contribution in [1.29, 1.82) is 0 Å². The van der Waals surface area contributed by atoms with E-state index in [0.29, 0.717) is 6.54 Å². The van der Waals surface area contributed by atoms with Gasteiger partial charge >= 0.3 is 6.03 Å². The second kappa shape index (κ2) is 6.41. The molecule has 0 aliphatic carbocycles. The molecule has 0 fully saturated rings. The lowest BCUT2D eigenvalue weighted by molar-refractivity contribution is 0.179. The molecule has 1 aliphatic rings. The van der Waals surface area contributed by atoms with Crippen molar-refractivity contribution in [3.63, 3.8) is 0 Å². The molecule has 2 aromatic heterocycles. The molecule has 4 nitrogen and oxygen atoms in total. The van der Waals surface area contributed by atoms with Gasteiger partial charge in [-0.2, -0.15) is 0 Å². The van der Waals surface area contributed by atoms with E-state index in [0.717, 1.165) is 16.9 Å². The maximum Gasteiger partial charge on any atom is 0.318 e. The van der Waals surface area contributed by atoms with Gasteiger partial charge in [-0.3, -0.25) is 0 Å². The Bertz CT molecular complexity index is 882. The fraction of sp³-hybridized carbons (Fsp3) is 0.250. The van der Waals surface area contributed by atoms with Crippen LogP contribution in [0.4, 0.5) is 4.79 Å². The van der Waals surface area contributed by atoms with Gasteiger partial charge in [0.25, 0.3) is 0 Å². The first-order valence-electron chi connectivity index (χ1n) is 8.51. The maximum atomic E-state index is 13.0. The van der Waals surface area contributed by atoms with Crippen molar-refractivity contribution in [2.24, 2.45) is 0 Å². The van der Waals surface area contributed by atoms with Gasteiger partial charge in [-0.05, 0) is 49.1 Å². The molecule has 1 aromatic carbocycles. The minimum absolute atomic E-state index is 0.0298. The standard InChI is InChI=1S/C20H21N3OS/c1-14(2)21-20(24)23-13-15-7-3-4-8-16(15)22-11-5-9-17(22)19(23)18-10-6-12-25-18/h3-12,14,19H,13H2,1-2H3,(H,21,24)/t19-/m0/s1. The van der Waals surface area contributed by atoms with Crippen LogP contribution in [0.3, 0.4) is 0 Å². The van der Waals surface area contributed by atoms with Gasteiger partial charge in [0.1, 0.15) is 6.04 Å². The van der Waals surface area contributed by atoms with E-state index < -0.39 is 0 Å². The lowest BCUT2D eigenvalue weighted by atomic mass is 10.1. The van der Waals surface area contributed by atoms with Gasteiger partial charge in [-0.1, -0.05) is 24.3 Å². The van der Waals surface area contributed by atoms with Crippen molar-refractivity contribution in [1.82, 2.24) is 14.8 Å². The zero-order valence-electron chi connectivity index (χ0n) is 14.3. The van der Waals surface area contributed by atoms with Crippen LogP contribution in [-0.4, -0.2) is 21.5 Å². The Morgan fingerprint density at radius 3 is 2.76 bits per heavy atom. The summed E-state index contributed by atoms with van der Waals surface area (Å²) in [4.78, 5) is 16.1. The van der Waals surface area contributed by atoms with E-state index >= 15 is 0 Å². The topological polar surface area (TPSA) is 37.3 Å². The number of rotatable bonds is 2. The smallest absolute Gasteiger partial charge is 0.318 e. The SMILES string of the molecule is CC(C)NC(=O)N1Cc2ccccc2-n2cccc2[C@H]1c1cccs1. The van der Waals surface area contributed by atoms with Crippen LogP contribution in [0.25, 0.3) is 5.69 Å². The summed E-state index contributed by atoms with van der Waals surface area (Å²) in [5.41, 5.74) is 3.41. The molecule has 25 heavy (non-hydrogen) atoms. The Morgan fingerprint density at radius 2 is 2.00 bits per heavy atom. The van der Waals surface area contributed by atoms with Gasteiger partial charge < -0.3 is 14.8 Å². The highest BCUT2D eigenvalue weighted by atomic mass is 32.1. The molecule has 1 atom stereocenters. The quantitative estimate of drug-likeness (QED) is 0.722. The number of thiophene rings is 1. The summed E-state index contributed by atoms with van der Waals surface area (Å²) < 4.78 is 2.21. The molecule has 0 unspecified atom stereocenters.